The molecule has 1 fully saturated rings. The van der Waals surface area contributed by atoms with Crippen LogP contribution in [0.1, 0.15) is 43.3 Å². The standard InChI is InChI=1S/C21H27N5O4/c1-12(2)26-14(4)19(13(3)24-26)23-18(27)10-17-20(28)25(21(29)22-17)11-15-6-8-16(30-5)9-7-15/h6-9,12,17H,10-11H2,1-5H3,(H,22,29)(H,23,27)/t17-/m1/s1. The Morgan fingerprint density at radius 3 is 2.47 bits per heavy atom. The smallest absolute Gasteiger partial charge is 0.325 e. The molecule has 4 amide bonds. The van der Waals surface area contributed by atoms with Crippen LogP contribution in [0.4, 0.5) is 10.5 Å². The second-order valence-electron chi connectivity index (χ2n) is 7.61. The summed E-state index contributed by atoms with van der Waals surface area (Å²) in [7, 11) is 1.57. The van der Waals surface area contributed by atoms with Gasteiger partial charge in [0.15, 0.2) is 0 Å². The van der Waals surface area contributed by atoms with Gasteiger partial charge in [-0.3, -0.25) is 19.2 Å². The average Bonchev–Trinajstić information content (AvgIpc) is 3.13. The van der Waals surface area contributed by atoms with Gasteiger partial charge in [-0.2, -0.15) is 5.10 Å². The van der Waals surface area contributed by atoms with Crippen molar-refractivity contribution in [1.29, 1.82) is 0 Å². The molecule has 2 heterocycles. The Kier molecular flexibility index (Phi) is 6.09. The predicted molar refractivity (Wildman–Crippen MR) is 111 cm³/mol. The number of aromatic nitrogens is 2. The van der Waals surface area contributed by atoms with Crippen LogP contribution in [0.15, 0.2) is 24.3 Å². The zero-order chi connectivity index (χ0) is 22.0. The second-order valence-corrected chi connectivity index (χ2v) is 7.61. The number of rotatable bonds is 7. The van der Waals surface area contributed by atoms with Crippen LogP contribution in [-0.2, 0) is 16.1 Å². The van der Waals surface area contributed by atoms with Crippen molar-refractivity contribution in [3.8, 4) is 5.75 Å². The molecule has 0 aliphatic carbocycles. The molecule has 160 valence electrons. The lowest BCUT2D eigenvalue weighted by atomic mass is 10.1. The van der Waals surface area contributed by atoms with E-state index < -0.39 is 18.0 Å². The van der Waals surface area contributed by atoms with Gasteiger partial charge in [0.25, 0.3) is 5.91 Å². The van der Waals surface area contributed by atoms with E-state index in [1.807, 2.05) is 32.4 Å². The van der Waals surface area contributed by atoms with Crippen LogP contribution in [0.2, 0.25) is 0 Å². The summed E-state index contributed by atoms with van der Waals surface area (Å²) in [5, 5.41) is 9.87. The zero-order valence-electron chi connectivity index (χ0n) is 17.9. The molecule has 3 rings (SSSR count). The minimum absolute atomic E-state index is 0.131. The molecular formula is C21H27N5O4. The molecule has 1 aliphatic heterocycles. The van der Waals surface area contributed by atoms with Crippen LogP contribution in [0, 0.1) is 13.8 Å². The highest BCUT2D eigenvalue weighted by molar-refractivity contribution is 6.07. The minimum atomic E-state index is -0.892. The third-order valence-electron chi connectivity index (χ3n) is 5.07. The monoisotopic (exact) mass is 413 g/mol. The first-order valence-electron chi connectivity index (χ1n) is 9.81. The summed E-state index contributed by atoms with van der Waals surface area (Å²) in [6.07, 6.45) is -0.143. The maximum Gasteiger partial charge on any atom is 0.325 e. The van der Waals surface area contributed by atoms with Crippen molar-refractivity contribution < 1.29 is 19.1 Å². The van der Waals surface area contributed by atoms with Crippen LogP contribution in [0.25, 0.3) is 0 Å². The van der Waals surface area contributed by atoms with E-state index in [1.165, 1.54) is 0 Å². The average molecular weight is 413 g/mol. The number of imide groups is 1. The number of benzene rings is 1. The summed E-state index contributed by atoms with van der Waals surface area (Å²) in [4.78, 5) is 38.6. The van der Waals surface area contributed by atoms with Gasteiger partial charge in [-0.15, -0.1) is 0 Å². The number of aryl methyl sites for hydroxylation is 1. The zero-order valence-corrected chi connectivity index (χ0v) is 17.9. The summed E-state index contributed by atoms with van der Waals surface area (Å²) in [6.45, 7) is 7.85. The Morgan fingerprint density at radius 1 is 1.23 bits per heavy atom. The van der Waals surface area contributed by atoms with Gasteiger partial charge in [0.1, 0.15) is 11.8 Å². The highest BCUT2D eigenvalue weighted by Crippen LogP contribution is 2.23. The van der Waals surface area contributed by atoms with E-state index in [9.17, 15) is 14.4 Å². The number of nitrogens with one attached hydrogen (secondary N) is 2. The fraction of sp³-hybridized carbons (Fsp3) is 0.429. The molecule has 1 aromatic heterocycles. The molecule has 1 aromatic carbocycles. The van der Waals surface area contributed by atoms with E-state index in [-0.39, 0.29) is 24.9 Å². The largest absolute Gasteiger partial charge is 0.497 e. The number of hydrogen-bond acceptors (Lipinski definition) is 5. The summed E-state index contributed by atoms with van der Waals surface area (Å²) < 4.78 is 6.95. The molecule has 0 radical (unpaired) electrons. The van der Waals surface area contributed by atoms with Gasteiger partial charge in [-0.25, -0.2) is 4.79 Å². The number of ether oxygens (including phenoxy) is 1. The molecule has 1 aliphatic rings. The molecule has 30 heavy (non-hydrogen) atoms. The van der Waals surface area contributed by atoms with Crippen molar-refractivity contribution >= 4 is 23.5 Å². The van der Waals surface area contributed by atoms with E-state index >= 15 is 0 Å². The number of urea groups is 1. The van der Waals surface area contributed by atoms with Crippen molar-refractivity contribution in [3.05, 3.63) is 41.2 Å². The van der Waals surface area contributed by atoms with E-state index in [4.69, 9.17) is 4.74 Å². The summed E-state index contributed by atoms with van der Waals surface area (Å²) in [5.74, 6) is -0.0800. The van der Waals surface area contributed by atoms with Gasteiger partial charge in [0.05, 0.1) is 37.2 Å². The SMILES string of the molecule is COc1ccc(CN2C(=O)N[C@H](CC(=O)Nc3c(C)nn(C(C)C)c3C)C2=O)cc1. The third kappa shape index (κ3) is 4.29. The predicted octanol–water partition coefficient (Wildman–Crippen LogP) is 2.54. The van der Waals surface area contributed by atoms with Crippen LogP contribution < -0.4 is 15.4 Å². The molecule has 2 aromatic rings. The maximum absolute atomic E-state index is 12.7. The molecule has 1 saturated heterocycles. The number of nitrogens with zero attached hydrogens (tertiary/aromatic N) is 3. The van der Waals surface area contributed by atoms with Crippen molar-refractivity contribution in [2.75, 3.05) is 12.4 Å². The quantitative estimate of drug-likeness (QED) is 0.679. The normalized spacial score (nSPS) is 16.2. The number of carbonyl (C=O) groups is 3. The van der Waals surface area contributed by atoms with Gasteiger partial charge >= 0.3 is 6.03 Å². The van der Waals surface area contributed by atoms with Crippen LogP contribution in [0.3, 0.4) is 0 Å². The van der Waals surface area contributed by atoms with E-state index in [0.717, 1.165) is 16.2 Å². The lowest BCUT2D eigenvalue weighted by Gasteiger charge is -2.13. The van der Waals surface area contributed by atoms with Gasteiger partial charge in [-0.1, -0.05) is 12.1 Å². The third-order valence-corrected chi connectivity index (χ3v) is 5.07. The topological polar surface area (TPSA) is 106 Å². The van der Waals surface area contributed by atoms with E-state index in [1.54, 1.807) is 31.4 Å². The summed E-state index contributed by atoms with van der Waals surface area (Å²) in [5.41, 5.74) is 2.98. The van der Waals surface area contributed by atoms with Gasteiger partial charge in [0, 0.05) is 6.04 Å². The number of hydrogen-bond donors (Lipinski definition) is 2. The Bertz CT molecular complexity index is 965. The van der Waals surface area contributed by atoms with Crippen molar-refractivity contribution in [2.24, 2.45) is 0 Å². The lowest BCUT2D eigenvalue weighted by Crippen LogP contribution is -2.34. The van der Waals surface area contributed by atoms with Crippen molar-refractivity contribution in [1.82, 2.24) is 20.0 Å². The molecule has 9 heteroatoms. The first-order chi connectivity index (χ1) is 14.2. The van der Waals surface area contributed by atoms with Crippen LogP contribution in [-0.4, -0.2) is 45.7 Å². The molecular weight excluding hydrogens is 386 g/mol. The highest BCUT2D eigenvalue weighted by Gasteiger charge is 2.39. The Morgan fingerprint density at radius 2 is 1.90 bits per heavy atom. The van der Waals surface area contributed by atoms with Crippen molar-refractivity contribution in [3.63, 3.8) is 0 Å². The highest BCUT2D eigenvalue weighted by atomic mass is 16.5. The molecule has 0 spiro atoms. The molecule has 0 saturated carbocycles. The molecule has 1 atom stereocenters. The number of anilines is 1. The first kappa shape index (κ1) is 21.4. The van der Waals surface area contributed by atoms with Crippen molar-refractivity contribution in [2.45, 2.75) is 52.7 Å². The molecule has 0 unspecified atom stereocenters. The summed E-state index contributed by atoms with van der Waals surface area (Å²) in [6, 6.07) is 5.87. The molecule has 9 nitrogen and oxygen atoms in total. The fourth-order valence-electron chi connectivity index (χ4n) is 3.50. The minimum Gasteiger partial charge on any atom is -0.497 e. The van der Waals surface area contributed by atoms with E-state index in [2.05, 4.69) is 15.7 Å². The fourth-order valence-corrected chi connectivity index (χ4v) is 3.50. The first-order valence-corrected chi connectivity index (χ1v) is 9.81. The van der Waals surface area contributed by atoms with Crippen LogP contribution in [0.5, 0.6) is 5.75 Å². The molecule has 0 bridgehead atoms. The molecule has 2 N–H and O–H groups in total. The van der Waals surface area contributed by atoms with Gasteiger partial charge < -0.3 is 15.4 Å². The Balaban J connectivity index is 1.64. The van der Waals surface area contributed by atoms with E-state index in [0.29, 0.717) is 17.1 Å². The van der Waals surface area contributed by atoms with Gasteiger partial charge in [-0.05, 0) is 45.4 Å². The number of methoxy groups -OCH3 is 1. The van der Waals surface area contributed by atoms with Gasteiger partial charge in [0.2, 0.25) is 5.91 Å². The number of amides is 4. The second kappa shape index (κ2) is 8.56. The lowest BCUT2D eigenvalue weighted by molar-refractivity contribution is -0.130. The Hall–Kier alpha value is -3.36. The maximum atomic E-state index is 12.7. The summed E-state index contributed by atoms with van der Waals surface area (Å²) >= 11 is 0. The van der Waals surface area contributed by atoms with Crippen LogP contribution >= 0.6 is 0 Å². The number of carbonyl (C=O) groups excluding carboxylic acids is 3. The Labute approximate surface area is 175 Å².